The van der Waals surface area contributed by atoms with Crippen LogP contribution in [0.5, 0.6) is 0 Å². The molecule has 1 unspecified atom stereocenters. The summed E-state index contributed by atoms with van der Waals surface area (Å²) in [7, 11) is -3.74. The molecule has 0 radical (unpaired) electrons. The van der Waals surface area contributed by atoms with Gasteiger partial charge in [-0.05, 0) is 41.5 Å². The molecule has 0 bridgehead atoms. The molecule has 1 aliphatic heterocycles. The van der Waals surface area contributed by atoms with Crippen LogP contribution >= 0.6 is 23.2 Å². The molecule has 4 nitrogen and oxygen atoms in total. The van der Waals surface area contributed by atoms with Gasteiger partial charge < -0.3 is 4.74 Å². The fourth-order valence-electron chi connectivity index (χ4n) is 2.93. The Hall–Kier alpha value is -1.32. The van der Waals surface area contributed by atoms with Gasteiger partial charge in [-0.2, -0.15) is 17.5 Å². The molecule has 0 aromatic heterocycles. The van der Waals surface area contributed by atoms with Gasteiger partial charge in [0.2, 0.25) is 10.0 Å². The number of sulfonamides is 1. The first kappa shape index (κ1) is 21.4. The molecule has 152 valence electrons. The van der Waals surface area contributed by atoms with E-state index in [1.54, 1.807) is 18.2 Å². The topological polar surface area (TPSA) is 46.6 Å². The largest absolute Gasteiger partial charge is 0.416 e. The Labute approximate surface area is 170 Å². The molecule has 10 heteroatoms. The molecule has 1 heterocycles. The molecule has 2 aromatic carbocycles. The van der Waals surface area contributed by atoms with Crippen LogP contribution in [0.2, 0.25) is 10.0 Å². The van der Waals surface area contributed by atoms with Gasteiger partial charge in [-0.1, -0.05) is 35.3 Å². The lowest BCUT2D eigenvalue weighted by atomic mass is 10.1. The van der Waals surface area contributed by atoms with E-state index in [9.17, 15) is 21.6 Å². The molecule has 0 amide bonds. The van der Waals surface area contributed by atoms with Gasteiger partial charge in [0.1, 0.15) is 0 Å². The Morgan fingerprint density at radius 1 is 1.07 bits per heavy atom. The molecule has 2 aromatic rings. The maximum absolute atomic E-state index is 12.7. The Balaban J connectivity index is 1.74. The fraction of sp³-hybridized carbons (Fsp3) is 0.333. The molecule has 1 saturated heterocycles. The van der Waals surface area contributed by atoms with E-state index in [-0.39, 0.29) is 25.3 Å². The Bertz CT molecular complexity index is 929. The number of halogens is 5. The Kier molecular flexibility index (Phi) is 6.26. The van der Waals surface area contributed by atoms with Crippen molar-refractivity contribution in [2.24, 2.45) is 0 Å². The molecule has 1 atom stereocenters. The van der Waals surface area contributed by atoms with Crippen molar-refractivity contribution in [1.82, 2.24) is 4.31 Å². The first-order chi connectivity index (χ1) is 13.0. The first-order valence-corrected chi connectivity index (χ1v) is 10.6. The van der Waals surface area contributed by atoms with Crippen molar-refractivity contribution in [3.63, 3.8) is 0 Å². The van der Waals surface area contributed by atoms with Gasteiger partial charge in [0.25, 0.3) is 0 Å². The predicted octanol–water partition coefficient (Wildman–Crippen LogP) is 4.92. The van der Waals surface area contributed by atoms with E-state index < -0.39 is 33.6 Å². The molecule has 3 rings (SSSR count). The lowest BCUT2D eigenvalue weighted by Gasteiger charge is -2.32. The third-order valence-corrected chi connectivity index (χ3v) is 6.56. The van der Waals surface area contributed by atoms with Gasteiger partial charge in [-0.25, -0.2) is 8.42 Å². The summed E-state index contributed by atoms with van der Waals surface area (Å²) in [6.07, 6.45) is -5.00. The van der Waals surface area contributed by atoms with E-state index >= 15 is 0 Å². The van der Waals surface area contributed by atoms with Crippen molar-refractivity contribution in [2.75, 3.05) is 19.7 Å². The minimum Gasteiger partial charge on any atom is -0.371 e. The highest BCUT2D eigenvalue weighted by atomic mass is 35.5. The van der Waals surface area contributed by atoms with E-state index in [1.165, 1.54) is 16.4 Å². The van der Waals surface area contributed by atoms with Crippen LogP contribution in [0.15, 0.2) is 42.5 Å². The zero-order valence-corrected chi connectivity index (χ0v) is 16.7. The molecule has 28 heavy (non-hydrogen) atoms. The normalized spacial score (nSPS) is 19.0. The molecule has 0 spiro atoms. The van der Waals surface area contributed by atoms with Crippen molar-refractivity contribution in [1.29, 1.82) is 0 Å². The van der Waals surface area contributed by atoms with Crippen molar-refractivity contribution < 1.29 is 26.3 Å². The summed E-state index contributed by atoms with van der Waals surface area (Å²) in [4.78, 5) is 0. The van der Waals surface area contributed by atoms with Gasteiger partial charge in [-0.15, -0.1) is 0 Å². The van der Waals surface area contributed by atoms with E-state index in [0.29, 0.717) is 15.6 Å². The van der Waals surface area contributed by atoms with E-state index in [2.05, 4.69) is 0 Å². The Morgan fingerprint density at radius 3 is 2.25 bits per heavy atom. The zero-order valence-electron chi connectivity index (χ0n) is 14.4. The van der Waals surface area contributed by atoms with Crippen LogP contribution in [0.3, 0.4) is 0 Å². The van der Waals surface area contributed by atoms with Gasteiger partial charge in [0, 0.05) is 23.1 Å². The lowest BCUT2D eigenvalue weighted by Crippen LogP contribution is -2.42. The lowest BCUT2D eigenvalue weighted by molar-refractivity contribution is -0.137. The average molecular weight is 454 g/mol. The minimum absolute atomic E-state index is 0.0691. The van der Waals surface area contributed by atoms with Crippen LogP contribution < -0.4 is 0 Å². The minimum atomic E-state index is -4.47. The number of ether oxygens (including phenoxy) is 1. The van der Waals surface area contributed by atoms with E-state index in [1.807, 2.05) is 0 Å². The highest BCUT2D eigenvalue weighted by Gasteiger charge is 2.32. The summed E-state index contributed by atoms with van der Waals surface area (Å²) in [5, 5.41) is 0.826. The van der Waals surface area contributed by atoms with E-state index in [4.69, 9.17) is 27.9 Å². The zero-order chi connectivity index (χ0) is 20.5. The van der Waals surface area contributed by atoms with Crippen LogP contribution in [0.25, 0.3) is 0 Å². The summed E-state index contributed by atoms with van der Waals surface area (Å²) in [6.45, 7) is 0.411. The third kappa shape index (κ3) is 5.18. The molecular formula is C18H16Cl2F3NO3S. The van der Waals surface area contributed by atoms with Gasteiger partial charge in [0.15, 0.2) is 0 Å². The van der Waals surface area contributed by atoms with Gasteiger partial charge in [0.05, 0.1) is 24.0 Å². The van der Waals surface area contributed by atoms with Gasteiger partial charge >= 0.3 is 6.18 Å². The molecule has 1 fully saturated rings. The number of alkyl halides is 3. The number of nitrogens with zero attached hydrogens (tertiary/aromatic N) is 1. The van der Waals surface area contributed by atoms with Crippen molar-refractivity contribution in [3.05, 3.63) is 69.2 Å². The van der Waals surface area contributed by atoms with Crippen LogP contribution in [-0.4, -0.2) is 32.4 Å². The van der Waals surface area contributed by atoms with Crippen molar-refractivity contribution in [3.8, 4) is 0 Å². The quantitative estimate of drug-likeness (QED) is 0.660. The molecular weight excluding hydrogens is 438 g/mol. The molecule has 0 saturated carbocycles. The van der Waals surface area contributed by atoms with Gasteiger partial charge in [-0.3, -0.25) is 0 Å². The summed E-state index contributed by atoms with van der Waals surface area (Å²) < 4.78 is 70.4. The smallest absolute Gasteiger partial charge is 0.371 e. The monoisotopic (exact) mass is 453 g/mol. The highest BCUT2D eigenvalue weighted by Crippen LogP contribution is 2.31. The predicted molar refractivity (Wildman–Crippen MR) is 101 cm³/mol. The summed E-state index contributed by atoms with van der Waals surface area (Å²) in [5.41, 5.74) is 0.117. The average Bonchev–Trinajstić information content (AvgIpc) is 2.60. The number of morpholine rings is 1. The Morgan fingerprint density at radius 2 is 1.68 bits per heavy atom. The SMILES string of the molecule is O=S(=O)(Cc1ccc(C(F)(F)F)cc1)N1CCOC(c2cc(Cl)cc(Cl)c2)C1. The molecule has 0 aliphatic carbocycles. The standard InChI is InChI=1S/C18H16Cl2F3NO3S/c19-15-7-13(8-16(20)9-15)17-10-24(5-6-27-17)28(25,26)11-12-1-3-14(4-2-12)18(21,22)23/h1-4,7-9,17H,5-6,10-11H2. The summed E-state index contributed by atoms with van der Waals surface area (Å²) >= 11 is 12.0. The fourth-order valence-corrected chi connectivity index (χ4v) is 4.99. The van der Waals surface area contributed by atoms with Crippen LogP contribution in [0.4, 0.5) is 13.2 Å². The van der Waals surface area contributed by atoms with Crippen LogP contribution in [-0.2, 0) is 26.7 Å². The maximum Gasteiger partial charge on any atom is 0.416 e. The molecule has 0 N–H and O–H groups in total. The second kappa shape index (κ2) is 8.20. The van der Waals surface area contributed by atoms with Crippen molar-refractivity contribution in [2.45, 2.75) is 18.0 Å². The number of hydrogen-bond acceptors (Lipinski definition) is 3. The number of hydrogen-bond donors (Lipinski definition) is 0. The molecule has 1 aliphatic rings. The summed E-state index contributed by atoms with van der Waals surface area (Å²) in [6, 6.07) is 8.98. The third-order valence-electron chi connectivity index (χ3n) is 4.31. The summed E-state index contributed by atoms with van der Waals surface area (Å²) in [5.74, 6) is -0.395. The second-order valence-electron chi connectivity index (χ2n) is 6.37. The van der Waals surface area contributed by atoms with Crippen LogP contribution in [0.1, 0.15) is 22.8 Å². The second-order valence-corrected chi connectivity index (χ2v) is 9.21. The first-order valence-electron chi connectivity index (χ1n) is 8.26. The van der Waals surface area contributed by atoms with Crippen molar-refractivity contribution >= 4 is 33.2 Å². The number of rotatable bonds is 4. The number of benzene rings is 2. The maximum atomic E-state index is 12.7. The van der Waals surface area contributed by atoms with E-state index in [0.717, 1.165) is 12.1 Å². The van der Waals surface area contributed by atoms with Crippen LogP contribution in [0, 0.1) is 0 Å². The highest BCUT2D eigenvalue weighted by molar-refractivity contribution is 7.88.